The Labute approximate surface area is 126 Å². The first-order valence-electron chi connectivity index (χ1n) is 7.55. The van der Waals surface area contributed by atoms with Crippen LogP contribution in [0.25, 0.3) is 0 Å². The Morgan fingerprint density at radius 3 is 2.70 bits per heavy atom. The molecular weight excluding hydrogens is 272 g/mol. The lowest BCUT2D eigenvalue weighted by Gasteiger charge is -2.34. The van der Waals surface area contributed by atoms with E-state index in [4.69, 9.17) is 22.1 Å². The number of likely N-dealkylation sites (tertiary alicyclic amines) is 1. The van der Waals surface area contributed by atoms with Gasteiger partial charge in [-0.1, -0.05) is 24.1 Å². The molecule has 3 rings (SSSR count). The molecule has 0 spiro atoms. The molecule has 0 aromatic heterocycles. The van der Waals surface area contributed by atoms with Gasteiger partial charge in [0.1, 0.15) is 5.75 Å². The van der Waals surface area contributed by atoms with Crippen molar-refractivity contribution in [3.63, 3.8) is 0 Å². The van der Waals surface area contributed by atoms with Crippen LogP contribution in [0.5, 0.6) is 5.75 Å². The number of ether oxygens (including phenoxy) is 1. The summed E-state index contributed by atoms with van der Waals surface area (Å²) in [6, 6.07) is 7.34. The van der Waals surface area contributed by atoms with Crippen molar-refractivity contribution in [2.45, 2.75) is 50.2 Å². The van der Waals surface area contributed by atoms with E-state index >= 15 is 0 Å². The van der Waals surface area contributed by atoms with E-state index in [1.807, 2.05) is 12.1 Å². The van der Waals surface area contributed by atoms with E-state index in [9.17, 15) is 0 Å². The number of halogens is 1. The lowest BCUT2D eigenvalue weighted by molar-refractivity contribution is 0.175. The van der Waals surface area contributed by atoms with Crippen LogP contribution in [0.1, 0.15) is 43.7 Å². The zero-order valence-corrected chi connectivity index (χ0v) is 12.8. The Hall–Kier alpha value is -0.770. The Morgan fingerprint density at radius 1 is 1.25 bits per heavy atom. The van der Waals surface area contributed by atoms with Gasteiger partial charge in [0, 0.05) is 12.1 Å². The van der Waals surface area contributed by atoms with E-state index in [0.717, 1.165) is 24.8 Å². The first-order chi connectivity index (χ1) is 9.70. The van der Waals surface area contributed by atoms with Crippen molar-refractivity contribution in [3.05, 3.63) is 28.8 Å². The normalized spacial score (nSPS) is 28.1. The molecule has 20 heavy (non-hydrogen) atoms. The summed E-state index contributed by atoms with van der Waals surface area (Å²) in [5.74, 6) is 0.732. The van der Waals surface area contributed by atoms with Crippen molar-refractivity contribution in [1.82, 2.24) is 4.90 Å². The fourth-order valence-electron chi connectivity index (χ4n) is 3.34. The Balaban J connectivity index is 1.92. The summed E-state index contributed by atoms with van der Waals surface area (Å²) in [6.07, 6.45) is 6.20. The van der Waals surface area contributed by atoms with Gasteiger partial charge in [-0.3, -0.25) is 4.90 Å². The van der Waals surface area contributed by atoms with Gasteiger partial charge < -0.3 is 10.5 Å². The number of hydrogen-bond donors (Lipinski definition) is 1. The Morgan fingerprint density at radius 2 is 2.05 bits per heavy atom. The fourth-order valence-corrected chi connectivity index (χ4v) is 3.60. The van der Waals surface area contributed by atoms with Crippen molar-refractivity contribution in [2.75, 3.05) is 13.7 Å². The highest BCUT2D eigenvalue weighted by Crippen LogP contribution is 2.40. The molecule has 4 heteroatoms. The third-order valence-electron chi connectivity index (χ3n) is 4.50. The Bertz CT molecular complexity index is 476. The second-order valence-electron chi connectivity index (χ2n) is 5.97. The van der Waals surface area contributed by atoms with E-state index < -0.39 is 0 Å². The van der Waals surface area contributed by atoms with Crippen molar-refractivity contribution in [2.24, 2.45) is 5.73 Å². The number of methoxy groups -OCH3 is 1. The molecule has 1 saturated carbocycles. The monoisotopic (exact) mass is 294 g/mol. The zero-order chi connectivity index (χ0) is 14.1. The van der Waals surface area contributed by atoms with E-state index in [0.29, 0.717) is 11.1 Å². The summed E-state index contributed by atoms with van der Waals surface area (Å²) in [5, 5.41) is 0.678. The fraction of sp³-hybridized carbons (Fsp3) is 0.625. The number of benzene rings is 1. The minimum atomic E-state index is 0.197. The summed E-state index contributed by atoms with van der Waals surface area (Å²) in [6.45, 7) is 1.16. The van der Waals surface area contributed by atoms with Gasteiger partial charge in [0.15, 0.2) is 0 Å². The predicted molar refractivity (Wildman–Crippen MR) is 82.3 cm³/mol. The quantitative estimate of drug-likeness (QED) is 0.929. The number of nitrogens with zero attached hydrogens (tertiary/aromatic N) is 1. The van der Waals surface area contributed by atoms with Gasteiger partial charge in [0.2, 0.25) is 0 Å². The van der Waals surface area contributed by atoms with Crippen LogP contribution >= 0.6 is 11.6 Å². The summed E-state index contributed by atoms with van der Waals surface area (Å²) >= 11 is 6.30. The van der Waals surface area contributed by atoms with Crippen LogP contribution in [0.15, 0.2) is 18.2 Å². The maximum atomic E-state index is 6.47. The van der Waals surface area contributed by atoms with Crippen LogP contribution in [0.3, 0.4) is 0 Å². The average molecular weight is 295 g/mol. The molecule has 0 radical (unpaired) electrons. The molecule has 1 aromatic rings. The van der Waals surface area contributed by atoms with Crippen LogP contribution in [-0.2, 0) is 0 Å². The lowest BCUT2D eigenvalue weighted by atomic mass is 9.96. The predicted octanol–water partition coefficient (Wildman–Crippen LogP) is 3.37. The highest BCUT2D eigenvalue weighted by Gasteiger charge is 2.38. The van der Waals surface area contributed by atoms with Gasteiger partial charge in [0.05, 0.1) is 18.2 Å². The standard InChI is InChI=1S/C16H23ClN2O/c1-20-15-8-5-11(10-13(15)17)16-14(18)4-2-3-9-19(16)12-6-7-12/h5,8,10,12,14,16H,2-4,6-7,9,18H2,1H3. The lowest BCUT2D eigenvalue weighted by Crippen LogP contribution is -2.41. The summed E-state index contributed by atoms with van der Waals surface area (Å²) in [7, 11) is 1.65. The van der Waals surface area contributed by atoms with Gasteiger partial charge in [-0.25, -0.2) is 0 Å². The molecule has 110 valence electrons. The molecule has 1 heterocycles. The molecule has 2 N–H and O–H groups in total. The van der Waals surface area contributed by atoms with Gasteiger partial charge in [-0.15, -0.1) is 0 Å². The third kappa shape index (κ3) is 2.80. The highest BCUT2D eigenvalue weighted by atomic mass is 35.5. The minimum Gasteiger partial charge on any atom is -0.495 e. The van der Waals surface area contributed by atoms with E-state index in [2.05, 4.69) is 11.0 Å². The second-order valence-corrected chi connectivity index (χ2v) is 6.37. The summed E-state index contributed by atoms with van der Waals surface area (Å²) in [5.41, 5.74) is 7.71. The van der Waals surface area contributed by atoms with Crippen molar-refractivity contribution in [1.29, 1.82) is 0 Å². The van der Waals surface area contributed by atoms with Gasteiger partial charge in [0.25, 0.3) is 0 Å². The number of rotatable bonds is 3. The molecule has 2 unspecified atom stereocenters. The topological polar surface area (TPSA) is 38.5 Å². The number of nitrogens with two attached hydrogens (primary N) is 1. The first kappa shape index (κ1) is 14.2. The molecule has 2 atom stereocenters. The first-order valence-corrected chi connectivity index (χ1v) is 7.93. The second kappa shape index (κ2) is 5.92. The molecule has 1 aliphatic carbocycles. The minimum absolute atomic E-state index is 0.197. The van der Waals surface area contributed by atoms with Crippen molar-refractivity contribution < 1.29 is 4.74 Å². The van der Waals surface area contributed by atoms with E-state index in [-0.39, 0.29) is 6.04 Å². The number of hydrogen-bond acceptors (Lipinski definition) is 3. The molecule has 0 amide bonds. The van der Waals surface area contributed by atoms with E-state index in [1.165, 1.54) is 31.2 Å². The zero-order valence-electron chi connectivity index (χ0n) is 12.0. The molecule has 1 saturated heterocycles. The molecule has 1 aromatic carbocycles. The van der Waals surface area contributed by atoms with Crippen LogP contribution in [-0.4, -0.2) is 30.6 Å². The maximum absolute atomic E-state index is 6.47. The summed E-state index contributed by atoms with van der Waals surface area (Å²) < 4.78 is 5.25. The third-order valence-corrected chi connectivity index (χ3v) is 4.80. The highest BCUT2D eigenvalue weighted by molar-refractivity contribution is 6.32. The van der Waals surface area contributed by atoms with Crippen molar-refractivity contribution in [3.8, 4) is 5.75 Å². The van der Waals surface area contributed by atoms with Crippen LogP contribution < -0.4 is 10.5 Å². The van der Waals surface area contributed by atoms with Gasteiger partial charge >= 0.3 is 0 Å². The molecule has 3 nitrogen and oxygen atoms in total. The van der Waals surface area contributed by atoms with Crippen LogP contribution in [0, 0.1) is 0 Å². The van der Waals surface area contributed by atoms with Crippen molar-refractivity contribution >= 4 is 11.6 Å². The smallest absolute Gasteiger partial charge is 0.137 e. The Kier molecular flexibility index (Phi) is 4.20. The largest absolute Gasteiger partial charge is 0.495 e. The summed E-state index contributed by atoms with van der Waals surface area (Å²) in [4.78, 5) is 2.61. The van der Waals surface area contributed by atoms with Gasteiger partial charge in [-0.05, 0) is 49.9 Å². The van der Waals surface area contributed by atoms with E-state index in [1.54, 1.807) is 7.11 Å². The van der Waals surface area contributed by atoms with Crippen LogP contribution in [0.4, 0.5) is 0 Å². The SMILES string of the molecule is COc1ccc(C2C(N)CCCCN2C2CC2)cc1Cl. The molecule has 2 aliphatic rings. The molecule has 0 bridgehead atoms. The molecule has 1 aliphatic heterocycles. The average Bonchev–Trinajstić information content (AvgIpc) is 3.25. The van der Waals surface area contributed by atoms with Crippen LogP contribution in [0.2, 0.25) is 5.02 Å². The molecule has 2 fully saturated rings. The maximum Gasteiger partial charge on any atom is 0.137 e. The molecular formula is C16H23ClN2O. The van der Waals surface area contributed by atoms with Gasteiger partial charge in [-0.2, -0.15) is 0 Å².